The van der Waals surface area contributed by atoms with Crippen LogP contribution in [0.1, 0.15) is 37.1 Å². The van der Waals surface area contributed by atoms with Gasteiger partial charge in [0.1, 0.15) is 11.6 Å². The van der Waals surface area contributed by atoms with Crippen LogP contribution in [0.4, 0.5) is 4.39 Å². The average Bonchev–Trinajstić information content (AvgIpc) is 2.49. The van der Waals surface area contributed by atoms with E-state index in [-0.39, 0.29) is 17.9 Å². The minimum Gasteiger partial charge on any atom is -0.497 e. The van der Waals surface area contributed by atoms with E-state index in [9.17, 15) is 4.39 Å². The number of methoxy groups -OCH3 is 1. The number of nitrogens with one attached hydrogen (secondary N) is 1. The summed E-state index contributed by atoms with van der Waals surface area (Å²) in [4.78, 5) is 0. The fourth-order valence-corrected chi connectivity index (χ4v) is 2.68. The zero-order chi connectivity index (χ0) is 15.4. The summed E-state index contributed by atoms with van der Waals surface area (Å²) in [7, 11) is 1.65. The SMILES string of the molecule is COc1ccc([C@H](C)NC(C)c2cc(Br)ccc2F)cc1. The van der Waals surface area contributed by atoms with Crippen LogP contribution in [0.3, 0.4) is 0 Å². The highest BCUT2D eigenvalue weighted by Crippen LogP contribution is 2.25. The lowest BCUT2D eigenvalue weighted by atomic mass is 10.0. The van der Waals surface area contributed by atoms with Crippen LogP contribution in [0.25, 0.3) is 0 Å². The van der Waals surface area contributed by atoms with E-state index in [4.69, 9.17) is 4.74 Å². The molecule has 2 rings (SSSR count). The summed E-state index contributed by atoms with van der Waals surface area (Å²) in [6, 6.07) is 12.9. The molecule has 4 heteroatoms. The van der Waals surface area contributed by atoms with Gasteiger partial charge in [-0.15, -0.1) is 0 Å². The molecule has 0 heterocycles. The van der Waals surface area contributed by atoms with E-state index in [1.807, 2.05) is 37.3 Å². The first-order chi connectivity index (χ1) is 10.0. The first kappa shape index (κ1) is 16.0. The summed E-state index contributed by atoms with van der Waals surface area (Å²) in [6.45, 7) is 4.03. The standard InChI is InChI=1S/C17H19BrFNO/c1-11(13-4-7-15(21-3)8-5-13)20-12(2)16-10-14(18)6-9-17(16)19/h4-12,20H,1-3H3/t11-,12?/m0/s1. The molecule has 1 unspecified atom stereocenters. The normalized spacial score (nSPS) is 13.8. The Bertz CT molecular complexity index is 600. The second-order valence-corrected chi connectivity index (χ2v) is 5.96. The van der Waals surface area contributed by atoms with Crippen molar-refractivity contribution in [2.45, 2.75) is 25.9 Å². The summed E-state index contributed by atoms with van der Waals surface area (Å²) >= 11 is 3.38. The lowest BCUT2D eigenvalue weighted by Crippen LogP contribution is -2.23. The van der Waals surface area contributed by atoms with Crippen molar-refractivity contribution in [2.24, 2.45) is 0 Å². The Morgan fingerprint density at radius 3 is 2.33 bits per heavy atom. The van der Waals surface area contributed by atoms with Crippen molar-refractivity contribution < 1.29 is 9.13 Å². The minimum atomic E-state index is -0.194. The van der Waals surface area contributed by atoms with E-state index in [2.05, 4.69) is 28.2 Å². The Morgan fingerprint density at radius 2 is 1.71 bits per heavy atom. The molecule has 2 nitrogen and oxygen atoms in total. The monoisotopic (exact) mass is 351 g/mol. The van der Waals surface area contributed by atoms with E-state index in [0.717, 1.165) is 15.8 Å². The maximum Gasteiger partial charge on any atom is 0.128 e. The van der Waals surface area contributed by atoms with Crippen molar-refractivity contribution in [3.8, 4) is 5.75 Å². The van der Waals surface area contributed by atoms with E-state index in [0.29, 0.717) is 5.56 Å². The van der Waals surface area contributed by atoms with Gasteiger partial charge in [0.05, 0.1) is 7.11 Å². The van der Waals surface area contributed by atoms with Gasteiger partial charge in [-0.05, 0) is 49.7 Å². The highest BCUT2D eigenvalue weighted by atomic mass is 79.9. The topological polar surface area (TPSA) is 21.3 Å². The van der Waals surface area contributed by atoms with E-state index in [1.54, 1.807) is 13.2 Å². The maximum atomic E-state index is 13.9. The quantitative estimate of drug-likeness (QED) is 0.817. The van der Waals surface area contributed by atoms with Gasteiger partial charge < -0.3 is 10.1 Å². The van der Waals surface area contributed by atoms with Crippen molar-refractivity contribution in [3.05, 3.63) is 63.9 Å². The fraction of sp³-hybridized carbons (Fsp3) is 0.294. The van der Waals surface area contributed by atoms with E-state index in [1.165, 1.54) is 6.07 Å². The molecule has 21 heavy (non-hydrogen) atoms. The van der Waals surface area contributed by atoms with Crippen molar-refractivity contribution in [1.82, 2.24) is 5.32 Å². The molecule has 0 radical (unpaired) electrons. The Kier molecular flexibility index (Phi) is 5.37. The largest absolute Gasteiger partial charge is 0.497 e. The van der Waals surface area contributed by atoms with Gasteiger partial charge in [0.15, 0.2) is 0 Å². The molecule has 0 saturated heterocycles. The van der Waals surface area contributed by atoms with Gasteiger partial charge in [0.25, 0.3) is 0 Å². The number of rotatable bonds is 5. The molecule has 0 aliphatic rings. The Morgan fingerprint density at radius 1 is 1.05 bits per heavy atom. The average molecular weight is 352 g/mol. The number of hydrogen-bond acceptors (Lipinski definition) is 2. The predicted molar refractivity (Wildman–Crippen MR) is 87.1 cm³/mol. The molecule has 0 saturated carbocycles. The van der Waals surface area contributed by atoms with Crippen LogP contribution in [0.5, 0.6) is 5.75 Å². The second-order valence-electron chi connectivity index (χ2n) is 5.05. The molecule has 2 atom stereocenters. The highest BCUT2D eigenvalue weighted by Gasteiger charge is 2.15. The van der Waals surface area contributed by atoms with Gasteiger partial charge in [0, 0.05) is 22.1 Å². The molecule has 2 aromatic carbocycles. The molecule has 0 aliphatic heterocycles. The van der Waals surface area contributed by atoms with Crippen LogP contribution in [0.15, 0.2) is 46.9 Å². The molecule has 0 fully saturated rings. The van der Waals surface area contributed by atoms with Gasteiger partial charge >= 0.3 is 0 Å². The lowest BCUT2D eigenvalue weighted by Gasteiger charge is -2.21. The van der Waals surface area contributed by atoms with Crippen molar-refractivity contribution in [3.63, 3.8) is 0 Å². The molecule has 0 bridgehead atoms. The predicted octanol–water partition coefficient (Wildman–Crippen LogP) is 5.01. The van der Waals surface area contributed by atoms with Gasteiger partial charge in [-0.2, -0.15) is 0 Å². The summed E-state index contributed by atoms with van der Waals surface area (Å²) in [6.07, 6.45) is 0. The summed E-state index contributed by atoms with van der Waals surface area (Å²) in [5.41, 5.74) is 1.79. The summed E-state index contributed by atoms with van der Waals surface area (Å²) in [5, 5.41) is 3.42. The Hall–Kier alpha value is -1.39. The van der Waals surface area contributed by atoms with Gasteiger partial charge in [-0.25, -0.2) is 4.39 Å². The van der Waals surface area contributed by atoms with E-state index < -0.39 is 0 Å². The first-order valence-corrected chi connectivity index (χ1v) is 7.65. The van der Waals surface area contributed by atoms with Crippen LogP contribution in [-0.4, -0.2) is 7.11 Å². The molecular weight excluding hydrogens is 333 g/mol. The minimum absolute atomic E-state index is 0.0837. The van der Waals surface area contributed by atoms with Crippen LogP contribution in [-0.2, 0) is 0 Å². The van der Waals surface area contributed by atoms with Crippen LogP contribution < -0.4 is 10.1 Å². The zero-order valence-electron chi connectivity index (χ0n) is 12.4. The molecule has 0 amide bonds. The number of halogens is 2. The fourth-order valence-electron chi connectivity index (χ4n) is 2.30. The van der Waals surface area contributed by atoms with Gasteiger partial charge in [-0.1, -0.05) is 28.1 Å². The summed E-state index contributed by atoms with van der Waals surface area (Å²) in [5.74, 6) is 0.636. The van der Waals surface area contributed by atoms with Crippen molar-refractivity contribution in [1.29, 1.82) is 0 Å². The molecule has 0 aliphatic carbocycles. The van der Waals surface area contributed by atoms with Gasteiger partial charge in [-0.3, -0.25) is 0 Å². The highest BCUT2D eigenvalue weighted by molar-refractivity contribution is 9.10. The van der Waals surface area contributed by atoms with Gasteiger partial charge in [0.2, 0.25) is 0 Å². The smallest absolute Gasteiger partial charge is 0.128 e. The maximum absolute atomic E-state index is 13.9. The third-order valence-corrected chi connectivity index (χ3v) is 4.03. The number of ether oxygens (including phenoxy) is 1. The van der Waals surface area contributed by atoms with Crippen LogP contribution in [0, 0.1) is 5.82 Å². The van der Waals surface area contributed by atoms with E-state index >= 15 is 0 Å². The molecule has 0 spiro atoms. The number of hydrogen-bond donors (Lipinski definition) is 1. The van der Waals surface area contributed by atoms with Crippen molar-refractivity contribution >= 4 is 15.9 Å². The zero-order valence-corrected chi connectivity index (χ0v) is 13.9. The lowest BCUT2D eigenvalue weighted by molar-refractivity contribution is 0.414. The molecular formula is C17H19BrFNO. The summed E-state index contributed by atoms with van der Waals surface area (Å²) < 4.78 is 19.9. The van der Waals surface area contributed by atoms with Crippen LogP contribution >= 0.6 is 15.9 Å². The van der Waals surface area contributed by atoms with Crippen molar-refractivity contribution in [2.75, 3.05) is 7.11 Å². The third kappa shape index (κ3) is 4.05. The third-order valence-electron chi connectivity index (χ3n) is 3.54. The number of benzene rings is 2. The molecule has 2 aromatic rings. The second kappa shape index (κ2) is 7.05. The molecule has 1 N–H and O–H groups in total. The first-order valence-electron chi connectivity index (χ1n) is 6.86. The molecule has 0 aromatic heterocycles. The Labute approximate surface area is 133 Å². The van der Waals surface area contributed by atoms with Crippen LogP contribution in [0.2, 0.25) is 0 Å². The Balaban J connectivity index is 2.10. The molecule has 112 valence electrons.